The van der Waals surface area contributed by atoms with E-state index in [9.17, 15) is 4.79 Å². The molecule has 2 aromatic rings. The number of piperidine rings is 1. The molecular weight excluding hydrogens is 296 g/mol. The summed E-state index contributed by atoms with van der Waals surface area (Å²) in [5.74, 6) is 1.92. The number of rotatable bonds is 2. The first kappa shape index (κ1) is 14.4. The summed E-state index contributed by atoms with van der Waals surface area (Å²) in [7, 11) is 0. The fourth-order valence-corrected chi connectivity index (χ4v) is 3.53. The van der Waals surface area contributed by atoms with Crippen molar-refractivity contribution in [1.82, 2.24) is 20.2 Å². The molecule has 122 valence electrons. The van der Waals surface area contributed by atoms with Crippen LogP contribution in [0.25, 0.3) is 11.7 Å². The second-order valence-electron chi connectivity index (χ2n) is 6.41. The SMILES string of the molecule is CC(=O)N1CCC[C@H](c2noc(-c3onc4c3CCCC4)n2)C1. The standard InChI is InChI=1S/C16H20N4O3/c1-10(21)20-8-4-5-11(9-20)15-17-16(23-19-15)14-12-6-2-3-7-13(12)18-22-14/h11H,2-9H2,1H3/t11-/m0/s1. The Hall–Kier alpha value is -2.18. The van der Waals surface area contributed by atoms with Crippen LogP contribution in [0.4, 0.5) is 0 Å². The lowest BCUT2D eigenvalue weighted by Gasteiger charge is -2.30. The number of carbonyl (C=O) groups excluding carboxylic acids is 1. The first-order valence-corrected chi connectivity index (χ1v) is 8.29. The molecule has 1 amide bonds. The van der Waals surface area contributed by atoms with Crippen molar-refractivity contribution in [2.24, 2.45) is 0 Å². The van der Waals surface area contributed by atoms with Gasteiger partial charge >= 0.3 is 0 Å². The van der Waals surface area contributed by atoms with Crippen LogP contribution in [0.2, 0.25) is 0 Å². The van der Waals surface area contributed by atoms with Gasteiger partial charge < -0.3 is 13.9 Å². The molecular formula is C16H20N4O3. The normalized spacial score (nSPS) is 21.3. The molecule has 0 aromatic carbocycles. The Labute approximate surface area is 134 Å². The molecule has 0 radical (unpaired) electrons. The van der Waals surface area contributed by atoms with Gasteiger partial charge in [-0.3, -0.25) is 4.79 Å². The van der Waals surface area contributed by atoms with Gasteiger partial charge in [-0.15, -0.1) is 0 Å². The number of hydrogen-bond acceptors (Lipinski definition) is 6. The minimum Gasteiger partial charge on any atom is -0.350 e. The minimum absolute atomic E-state index is 0.0997. The number of likely N-dealkylation sites (tertiary alicyclic amines) is 1. The van der Waals surface area contributed by atoms with Crippen LogP contribution in [-0.2, 0) is 17.6 Å². The van der Waals surface area contributed by atoms with Gasteiger partial charge in [0.25, 0.3) is 5.89 Å². The van der Waals surface area contributed by atoms with Gasteiger partial charge in [0.1, 0.15) is 0 Å². The number of fused-ring (bicyclic) bond motifs is 1. The fraction of sp³-hybridized carbons (Fsp3) is 0.625. The van der Waals surface area contributed by atoms with Crippen LogP contribution in [0.1, 0.15) is 55.6 Å². The Balaban J connectivity index is 1.57. The van der Waals surface area contributed by atoms with E-state index in [1.807, 2.05) is 4.90 Å². The van der Waals surface area contributed by atoms with Gasteiger partial charge in [0, 0.05) is 31.5 Å². The molecule has 0 saturated carbocycles. The third-order valence-electron chi connectivity index (χ3n) is 4.83. The van der Waals surface area contributed by atoms with Gasteiger partial charge in [0.05, 0.1) is 5.69 Å². The van der Waals surface area contributed by atoms with Crippen LogP contribution >= 0.6 is 0 Å². The van der Waals surface area contributed by atoms with Crippen LogP contribution in [0.3, 0.4) is 0 Å². The zero-order valence-corrected chi connectivity index (χ0v) is 13.2. The zero-order chi connectivity index (χ0) is 15.8. The third kappa shape index (κ3) is 2.64. The Bertz CT molecular complexity index is 721. The van der Waals surface area contributed by atoms with E-state index in [1.54, 1.807) is 6.92 Å². The fourth-order valence-electron chi connectivity index (χ4n) is 3.53. The maximum Gasteiger partial charge on any atom is 0.296 e. The summed E-state index contributed by atoms with van der Waals surface area (Å²) in [4.78, 5) is 17.9. The van der Waals surface area contributed by atoms with Crippen LogP contribution in [-0.4, -0.2) is 39.2 Å². The molecule has 1 aliphatic carbocycles. The molecule has 0 unspecified atom stereocenters. The summed E-state index contributed by atoms with van der Waals surface area (Å²) in [5, 5.41) is 8.26. The number of aromatic nitrogens is 3. The van der Waals surface area contributed by atoms with E-state index in [0.29, 0.717) is 24.0 Å². The lowest BCUT2D eigenvalue weighted by atomic mass is 9.96. The summed E-state index contributed by atoms with van der Waals surface area (Å²) < 4.78 is 10.9. The average molecular weight is 316 g/mol. The highest BCUT2D eigenvalue weighted by Crippen LogP contribution is 2.32. The highest BCUT2D eigenvalue weighted by molar-refractivity contribution is 5.73. The predicted molar refractivity (Wildman–Crippen MR) is 80.7 cm³/mol. The predicted octanol–water partition coefficient (Wildman–Crippen LogP) is 2.33. The van der Waals surface area contributed by atoms with E-state index in [4.69, 9.17) is 9.05 Å². The van der Waals surface area contributed by atoms with E-state index in [1.165, 1.54) is 0 Å². The molecule has 1 aliphatic heterocycles. The summed E-state index contributed by atoms with van der Waals surface area (Å²) in [6.45, 7) is 3.07. The molecule has 7 heteroatoms. The minimum atomic E-state index is 0.0997. The van der Waals surface area contributed by atoms with E-state index >= 15 is 0 Å². The topological polar surface area (TPSA) is 85.3 Å². The second-order valence-corrected chi connectivity index (χ2v) is 6.41. The maximum atomic E-state index is 11.6. The van der Waals surface area contributed by atoms with Gasteiger partial charge in [-0.05, 0) is 38.5 Å². The van der Waals surface area contributed by atoms with Crippen molar-refractivity contribution < 1.29 is 13.8 Å². The number of nitrogens with zero attached hydrogens (tertiary/aromatic N) is 4. The zero-order valence-electron chi connectivity index (χ0n) is 13.2. The van der Waals surface area contributed by atoms with Gasteiger partial charge in [0.15, 0.2) is 5.82 Å². The van der Waals surface area contributed by atoms with Crippen molar-refractivity contribution >= 4 is 5.91 Å². The molecule has 0 spiro atoms. The Morgan fingerprint density at radius 3 is 2.91 bits per heavy atom. The van der Waals surface area contributed by atoms with Crippen LogP contribution < -0.4 is 0 Å². The summed E-state index contributed by atoms with van der Waals surface area (Å²) in [5.41, 5.74) is 2.13. The number of carbonyl (C=O) groups is 1. The second kappa shape index (κ2) is 5.79. The monoisotopic (exact) mass is 316 g/mol. The Morgan fingerprint density at radius 1 is 1.17 bits per heavy atom. The molecule has 0 N–H and O–H groups in total. The highest BCUT2D eigenvalue weighted by Gasteiger charge is 2.29. The lowest BCUT2D eigenvalue weighted by molar-refractivity contribution is -0.130. The first-order chi connectivity index (χ1) is 11.2. The first-order valence-electron chi connectivity index (χ1n) is 8.29. The summed E-state index contributed by atoms with van der Waals surface area (Å²) in [6, 6.07) is 0. The number of aryl methyl sites for hydroxylation is 1. The molecule has 7 nitrogen and oxygen atoms in total. The van der Waals surface area contributed by atoms with E-state index < -0.39 is 0 Å². The van der Waals surface area contributed by atoms with Crippen molar-refractivity contribution in [2.45, 2.75) is 51.4 Å². The van der Waals surface area contributed by atoms with Gasteiger partial charge in [-0.25, -0.2) is 0 Å². The molecule has 1 atom stereocenters. The largest absolute Gasteiger partial charge is 0.350 e. The van der Waals surface area contributed by atoms with Crippen LogP contribution in [0.5, 0.6) is 0 Å². The molecule has 1 fully saturated rings. The van der Waals surface area contributed by atoms with Crippen molar-refractivity contribution in [3.05, 3.63) is 17.1 Å². The molecule has 1 saturated heterocycles. The van der Waals surface area contributed by atoms with Crippen LogP contribution in [0, 0.1) is 0 Å². The van der Waals surface area contributed by atoms with Crippen molar-refractivity contribution in [3.8, 4) is 11.7 Å². The quantitative estimate of drug-likeness (QED) is 0.845. The molecule has 2 aromatic heterocycles. The Morgan fingerprint density at radius 2 is 2.04 bits per heavy atom. The van der Waals surface area contributed by atoms with E-state index in [0.717, 1.165) is 56.3 Å². The van der Waals surface area contributed by atoms with Gasteiger partial charge in [-0.2, -0.15) is 4.98 Å². The lowest BCUT2D eigenvalue weighted by Crippen LogP contribution is -2.37. The summed E-state index contributed by atoms with van der Waals surface area (Å²) >= 11 is 0. The van der Waals surface area contributed by atoms with Crippen LogP contribution in [0.15, 0.2) is 9.05 Å². The molecule has 0 bridgehead atoms. The molecule has 3 heterocycles. The van der Waals surface area contributed by atoms with Crippen molar-refractivity contribution in [1.29, 1.82) is 0 Å². The van der Waals surface area contributed by atoms with E-state index in [-0.39, 0.29) is 11.8 Å². The molecule has 4 rings (SSSR count). The van der Waals surface area contributed by atoms with E-state index in [2.05, 4.69) is 15.3 Å². The maximum absolute atomic E-state index is 11.6. The van der Waals surface area contributed by atoms with Gasteiger partial charge in [-0.1, -0.05) is 10.3 Å². The van der Waals surface area contributed by atoms with Gasteiger partial charge in [0.2, 0.25) is 11.7 Å². The van der Waals surface area contributed by atoms with Crippen molar-refractivity contribution in [3.63, 3.8) is 0 Å². The number of hydrogen-bond donors (Lipinski definition) is 0. The molecule has 23 heavy (non-hydrogen) atoms. The smallest absolute Gasteiger partial charge is 0.296 e. The average Bonchev–Trinajstić information content (AvgIpc) is 3.21. The highest BCUT2D eigenvalue weighted by atomic mass is 16.5. The van der Waals surface area contributed by atoms with Crippen molar-refractivity contribution in [2.75, 3.05) is 13.1 Å². The number of amides is 1. The summed E-state index contributed by atoms with van der Waals surface area (Å²) in [6.07, 6.45) is 6.13. The third-order valence-corrected chi connectivity index (χ3v) is 4.83. The Kier molecular flexibility index (Phi) is 3.63. The molecule has 2 aliphatic rings.